The van der Waals surface area contributed by atoms with Crippen molar-refractivity contribution >= 4 is 29.3 Å². The van der Waals surface area contributed by atoms with E-state index >= 15 is 0 Å². The Morgan fingerprint density at radius 1 is 1.31 bits per heavy atom. The number of hydrogen-bond donors (Lipinski definition) is 1. The highest BCUT2D eigenvalue weighted by atomic mass is 16.5. The number of nitrogens with one attached hydrogen (secondary N) is 1. The molecule has 2 bridgehead atoms. The fraction of sp³-hybridized carbons (Fsp3) is 0.400. The number of anilines is 4. The highest BCUT2D eigenvalue weighted by Gasteiger charge is 2.36. The van der Waals surface area contributed by atoms with Crippen molar-refractivity contribution in [2.75, 3.05) is 28.3 Å². The van der Waals surface area contributed by atoms with Gasteiger partial charge >= 0.3 is 0 Å². The van der Waals surface area contributed by atoms with E-state index in [0.717, 1.165) is 54.3 Å². The minimum absolute atomic E-state index is 0.326. The summed E-state index contributed by atoms with van der Waals surface area (Å²) < 4.78 is 5.86. The number of carbonyl (C=O) groups excluding carboxylic acids is 1. The zero-order valence-electron chi connectivity index (χ0n) is 14.8. The number of fused-ring (bicyclic) bond motifs is 5. The smallest absolute Gasteiger partial charge is 0.214 e. The molecular weight excluding hydrogens is 328 g/mol. The van der Waals surface area contributed by atoms with Gasteiger partial charge in [-0.1, -0.05) is 6.07 Å². The number of morpholine rings is 1. The first kappa shape index (κ1) is 15.6. The third kappa shape index (κ3) is 2.36. The SMILES string of the molecule is Cc1c(N2C[C@H]3CC[C@@H]2CO3)ccc2c1N(C=O)Cc1cccnc1N2. The average Bonchev–Trinajstić information content (AvgIpc) is 2.85. The summed E-state index contributed by atoms with van der Waals surface area (Å²) >= 11 is 0. The molecule has 4 aliphatic rings. The summed E-state index contributed by atoms with van der Waals surface area (Å²) in [5.41, 5.74) is 5.21. The van der Waals surface area contributed by atoms with Crippen LogP contribution in [0.3, 0.4) is 0 Å². The Hall–Kier alpha value is -2.60. The molecule has 0 unspecified atom stereocenters. The van der Waals surface area contributed by atoms with E-state index in [9.17, 15) is 4.79 Å². The highest BCUT2D eigenvalue weighted by molar-refractivity contribution is 5.92. The van der Waals surface area contributed by atoms with Gasteiger partial charge in [0.25, 0.3) is 0 Å². The van der Waals surface area contributed by atoms with Gasteiger partial charge in [0.15, 0.2) is 0 Å². The van der Waals surface area contributed by atoms with Crippen LogP contribution in [0.2, 0.25) is 0 Å². The molecule has 0 spiro atoms. The van der Waals surface area contributed by atoms with E-state index in [0.29, 0.717) is 18.7 Å². The topological polar surface area (TPSA) is 57.7 Å². The maximum atomic E-state index is 11.9. The molecule has 2 aromatic rings. The number of piperidine rings is 1. The monoisotopic (exact) mass is 350 g/mol. The van der Waals surface area contributed by atoms with Gasteiger partial charge in [0.2, 0.25) is 6.41 Å². The summed E-state index contributed by atoms with van der Waals surface area (Å²) in [7, 11) is 0. The predicted octanol–water partition coefficient (Wildman–Crippen LogP) is 2.98. The van der Waals surface area contributed by atoms with Gasteiger partial charge in [0.1, 0.15) is 5.82 Å². The van der Waals surface area contributed by atoms with Crippen molar-refractivity contribution in [3.8, 4) is 0 Å². The number of amides is 1. The van der Waals surface area contributed by atoms with Crippen LogP contribution in [0.25, 0.3) is 0 Å². The molecule has 6 rings (SSSR count). The van der Waals surface area contributed by atoms with Gasteiger partial charge in [-0.3, -0.25) is 4.79 Å². The Kier molecular flexibility index (Phi) is 3.60. The van der Waals surface area contributed by atoms with Crippen molar-refractivity contribution in [2.24, 2.45) is 0 Å². The summed E-state index contributed by atoms with van der Waals surface area (Å²) in [4.78, 5) is 20.6. The van der Waals surface area contributed by atoms with Crippen molar-refractivity contribution in [3.05, 3.63) is 41.6 Å². The van der Waals surface area contributed by atoms with Gasteiger partial charge in [-0.25, -0.2) is 4.98 Å². The molecule has 0 aliphatic carbocycles. The predicted molar refractivity (Wildman–Crippen MR) is 101 cm³/mol. The van der Waals surface area contributed by atoms with Crippen LogP contribution in [0.1, 0.15) is 24.0 Å². The van der Waals surface area contributed by atoms with E-state index in [2.05, 4.69) is 34.3 Å². The molecule has 1 aromatic carbocycles. The molecule has 3 fully saturated rings. The zero-order chi connectivity index (χ0) is 17.7. The van der Waals surface area contributed by atoms with E-state index in [4.69, 9.17) is 4.74 Å². The van der Waals surface area contributed by atoms with Gasteiger partial charge in [0.05, 0.1) is 36.7 Å². The quantitative estimate of drug-likeness (QED) is 0.844. The summed E-state index contributed by atoms with van der Waals surface area (Å²) in [6.07, 6.45) is 5.34. The van der Waals surface area contributed by atoms with Crippen molar-refractivity contribution < 1.29 is 9.53 Å². The molecule has 134 valence electrons. The van der Waals surface area contributed by atoms with Crippen LogP contribution in [0.5, 0.6) is 0 Å². The van der Waals surface area contributed by atoms with Crippen molar-refractivity contribution in [1.29, 1.82) is 0 Å². The summed E-state index contributed by atoms with van der Waals surface area (Å²) in [5, 5.41) is 3.42. The first-order valence-corrected chi connectivity index (χ1v) is 9.19. The molecule has 1 aromatic heterocycles. The molecule has 6 nitrogen and oxygen atoms in total. The Balaban J connectivity index is 1.59. The first-order valence-electron chi connectivity index (χ1n) is 9.19. The number of ether oxygens (including phenoxy) is 1. The van der Waals surface area contributed by atoms with E-state index in [1.807, 2.05) is 12.1 Å². The fourth-order valence-electron chi connectivity index (χ4n) is 4.48. The van der Waals surface area contributed by atoms with E-state index in [1.54, 1.807) is 11.1 Å². The minimum Gasteiger partial charge on any atom is -0.374 e. The van der Waals surface area contributed by atoms with Crippen LogP contribution < -0.4 is 15.1 Å². The Bertz CT molecular complexity index is 861. The highest BCUT2D eigenvalue weighted by Crippen LogP contribution is 2.42. The lowest BCUT2D eigenvalue weighted by Crippen LogP contribution is -2.54. The van der Waals surface area contributed by atoms with Crippen LogP contribution in [-0.4, -0.2) is 36.7 Å². The second-order valence-electron chi connectivity index (χ2n) is 7.31. The number of nitrogens with zero attached hydrogens (tertiary/aromatic N) is 3. The standard InChI is InChI=1S/C20H22N4O2/c1-13-18(24-10-16-5-4-15(24)11-26-16)7-6-17-19(13)23(12-25)9-14-3-2-8-21-20(14)22-17/h2-3,6-8,12,15-16H,4-5,9-11H2,1H3,(H,21,22)/t15-,16-/m1/s1. The van der Waals surface area contributed by atoms with E-state index < -0.39 is 0 Å². The average molecular weight is 350 g/mol. The van der Waals surface area contributed by atoms with E-state index in [-0.39, 0.29) is 0 Å². The van der Waals surface area contributed by atoms with Crippen molar-refractivity contribution in [1.82, 2.24) is 4.98 Å². The van der Waals surface area contributed by atoms with Crippen LogP contribution in [0.4, 0.5) is 22.9 Å². The molecule has 5 heterocycles. The number of carbonyl (C=O) groups is 1. The number of rotatable bonds is 2. The van der Waals surface area contributed by atoms with Gasteiger partial charge in [-0.05, 0) is 43.5 Å². The maximum Gasteiger partial charge on any atom is 0.214 e. The second-order valence-corrected chi connectivity index (χ2v) is 7.31. The Morgan fingerprint density at radius 2 is 2.23 bits per heavy atom. The number of pyridine rings is 1. The van der Waals surface area contributed by atoms with Crippen LogP contribution >= 0.6 is 0 Å². The normalized spacial score (nSPS) is 23.7. The summed E-state index contributed by atoms with van der Waals surface area (Å²) in [5.74, 6) is 0.815. The lowest BCUT2D eigenvalue weighted by molar-refractivity contribution is -0.107. The second kappa shape index (κ2) is 5.99. The molecule has 6 heteroatoms. The lowest BCUT2D eigenvalue weighted by atomic mass is 9.95. The third-order valence-corrected chi connectivity index (χ3v) is 5.80. The zero-order valence-corrected chi connectivity index (χ0v) is 14.8. The van der Waals surface area contributed by atoms with Crippen molar-refractivity contribution in [3.63, 3.8) is 0 Å². The van der Waals surface area contributed by atoms with Crippen LogP contribution in [0.15, 0.2) is 30.5 Å². The molecule has 1 amide bonds. The molecule has 3 saturated heterocycles. The first-order chi connectivity index (χ1) is 12.7. The molecule has 1 N–H and O–H groups in total. The molecule has 0 saturated carbocycles. The van der Waals surface area contributed by atoms with Crippen molar-refractivity contribution in [2.45, 2.75) is 38.5 Å². The van der Waals surface area contributed by atoms with Crippen LogP contribution in [0, 0.1) is 6.92 Å². The van der Waals surface area contributed by atoms with Gasteiger partial charge in [-0.15, -0.1) is 0 Å². The fourth-order valence-corrected chi connectivity index (χ4v) is 4.48. The Morgan fingerprint density at radius 3 is 2.96 bits per heavy atom. The molecule has 2 atom stereocenters. The maximum absolute atomic E-state index is 11.9. The summed E-state index contributed by atoms with van der Waals surface area (Å²) in [6.45, 7) is 4.36. The Labute approximate surface area is 152 Å². The summed E-state index contributed by atoms with van der Waals surface area (Å²) in [6, 6.07) is 8.58. The van der Waals surface area contributed by atoms with Crippen LogP contribution in [-0.2, 0) is 16.1 Å². The molecule has 4 aliphatic heterocycles. The molecule has 0 radical (unpaired) electrons. The molecular formula is C20H22N4O2. The lowest BCUT2D eigenvalue weighted by Gasteiger charge is -2.47. The largest absolute Gasteiger partial charge is 0.374 e. The van der Waals surface area contributed by atoms with E-state index in [1.165, 1.54) is 12.1 Å². The third-order valence-electron chi connectivity index (χ3n) is 5.80. The minimum atomic E-state index is 0.326. The van der Waals surface area contributed by atoms with Gasteiger partial charge < -0.3 is 19.9 Å². The van der Waals surface area contributed by atoms with Gasteiger partial charge in [0, 0.05) is 24.0 Å². The number of benzene rings is 1. The molecule has 26 heavy (non-hydrogen) atoms. The number of hydrogen-bond acceptors (Lipinski definition) is 5. The number of aromatic nitrogens is 1. The van der Waals surface area contributed by atoms with Gasteiger partial charge in [-0.2, -0.15) is 0 Å².